The van der Waals surface area contributed by atoms with Crippen LogP contribution in [0.15, 0.2) is 60.7 Å². The molecular formula is C25H28N2O2. The molecule has 0 saturated carbocycles. The fourth-order valence-corrected chi connectivity index (χ4v) is 3.53. The first kappa shape index (κ1) is 20.6. The van der Waals surface area contributed by atoms with Crippen LogP contribution in [0.2, 0.25) is 0 Å². The van der Waals surface area contributed by atoms with Crippen LogP contribution in [-0.2, 0) is 6.42 Å². The summed E-state index contributed by atoms with van der Waals surface area (Å²) in [5.74, 6) is 0.849. The third-order valence-electron chi connectivity index (χ3n) is 5.19. The van der Waals surface area contributed by atoms with Crippen molar-refractivity contribution in [1.82, 2.24) is 9.88 Å². The maximum atomic E-state index is 13.1. The quantitative estimate of drug-likeness (QED) is 0.591. The molecule has 0 aliphatic rings. The van der Waals surface area contributed by atoms with Gasteiger partial charge in [0.2, 0.25) is 0 Å². The van der Waals surface area contributed by atoms with Crippen LogP contribution >= 0.6 is 0 Å². The number of carbonyl (C=O) groups is 1. The van der Waals surface area contributed by atoms with E-state index in [1.807, 2.05) is 74.6 Å². The van der Waals surface area contributed by atoms with E-state index < -0.39 is 0 Å². The molecule has 0 spiro atoms. The Labute approximate surface area is 173 Å². The molecule has 3 aromatic rings. The summed E-state index contributed by atoms with van der Waals surface area (Å²) in [6, 6.07) is 19.8. The van der Waals surface area contributed by atoms with Gasteiger partial charge in [0.15, 0.2) is 0 Å². The van der Waals surface area contributed by atoms with Crippen molar-refractivity contribution >= 4 is 5.91 Å². The number of nitrogens with zero attached hydrogens (tertiary/aromatic N) is 2. The second kappa shape index (κ2) is 8.91. The standard InChI is InChI=1S/C25H28N2O2/c1-17-13-18(2)26-23(14-17)20-10-8-11-22(16-20)25(28)27(4)19(3)15-21-9-6-7-12-24(21)29-5/h6-14,16,19H,15H2,1-5H3/t19-/m1/s1. The van der Waals surface area contributed by atoms with Gasteiger partial charge in [0.25, 0.3) is 5.91 Å². The molecule has 0 aliphatic heterocycles. The third-order valence-corrected chi connectivity index (χ3v) is 5.19. The smallest absolute Gasteiger partial charge is 0.253 e. The predicted octanol–water partition coefficient (Wildman–Crippen LogP) is 5.08. The molecule has 4 nitrogen and oxygen atoms in total. The van der Waals surface area contributed by atoms with Gasteiger partial charge in [-0.15, -0.1) is 0 Å². The lowest BCUT2D eigenvalue weighted by atomic mass is 10.0. The first-order valence-electron chi connectivity index (χ1n) is 9.84. The third kappa shape index (κ3) is 4.83. The summed E-state index contributed by atoms with van der Waals surface area (Å²) in [6.07, 6.45) is 0.727. The molecule has 1 heterocycles. The van der Waals surface area contributed by atoms with Crippen LogP contribution in [-0.4, -0.2) is 36.0 Å². The van der Waals surface area contributed by atoms with Gasteiger partial charge in [0.1, 0.15) is 5.75 Å². The van der Waals surface area contributed by atoms with E-state index in [4.69, 9.17) is 4.74 Å². The number of aromatic nitrogens is 1. The van der Waals surface area contributed by atoms with Crippen LogP contribution in [0, 0.1) is 13.8 Å². The van der Waals surface area contributed by atoms with E-state index in [1.165, 1.54) is 0 Å². The Hall–Kier alpha value is -3.14. The molecule has 0 N–H and O–H groups in total. The van der Waals surface area contributed by atoms with Gasteiger partial charge >= 0.3 is 0 Å². The number of hydrogen-bond acceptors (Lipinski definition) is 3. The van der Waals surface area contributed by atoms with Crippen molar-refractivity contribution in [2.75, 3.05) is 14.2 Å². The summed E-state index contributed by atoms with van der Waals surface area (Å²) in [5, 5.41) is 0. The minimum absolute atomic E-state index is 0.00128. The van der Waals surface area contributed by atoms with E-state index in [0.29, 0.717) is 5.56 Å². The summed E-state index contributed by atoms with van der Waals surface area (Å²) >= 11 is 0. The van der Waals surface area contributed by atoms with E-state index in [-0.39, 0.29) is 11.9 Å². The molecular weight excluding hydrogens is 360 g/mol. The monoisotopic (exact) mass is 388 g/mol. The number of hydrogen-bond donors (Lipinski definition) is 0. The van der Waals surface area contributed by atoms with E-state index >= 15 is 0 Å². The van der Waals surface area contributed by atoms with E-state index in [2.05, 4.69) is 18.8 Å². The molecule has 1 amide bonds. The number of likely N-dealkylation sites (N-methyl/N-ethyl adjacent to an activating group) is 1. The number of ether oxygens (including phenoxy) is 1. The normalized spacial score (nSPS) is 11.8. The second-order valence-electron chi connectivity index (χ2n) is 7.53. The van der Waals surface area contributed by atoms with Gasteiger partial charge in [-0.05, 0) is 68.7 Å². The summed E-state index contributed by atoms with van der Waals surface area (Å²) in [6.45, 7) is 6.10. The van der Waals surface area contributed by atoms with Crippen molar-refractivity contribution in [2.24, 2.45) is 0 Å². The average Bonchev–Trinajstić information content (AvgIpc) is 2.72. The fourth-order valence-electron chi connectivity index (χ4n) is 3.53. The number of benzene rings is 2. The minimum atomic E-state index is -0.00128. The molecule has 29 heavy (non-hydrogen) atoms. The highest BCUT2D eigenvalue weighted by Crippen LogP contribution is 2.23. The van der Waals surface area contributed by atoms with Gasteiger partial charge < -0.3 is 9.64 Å². The van der Waals surface area contributed by atoms with Gasteiger partial charge in [-0.25, -0.2) is 0 Å². The molecule has 0 radical (unpaired) electrons. The van der Waals surface area contributed by atoms with Crippen molar-refractivity contribution < 1.29 is 9.53 Å². The Kier molecular flexibility index (Phi) is 6.32. The fraction of sp³-hybridized carbons (Fsp3) is 0.280. The molecule has 1 atom stereocenters. The van der Waals surface area contributed by atoms with Gasteiger partial charge in [-0.3, -0.25) is 9.78 Å². The van der Waals surface area contributed by atoms with E-state index in [9.17, 15) is 4.79 Å². The highest BCUT2D eigenvalue weighted by molar-refractivity contribution is 5.95. The Balaban J connectivity index is 1.80. The van der Waals surface area contributed by atoms with Crippen LogP contribution in [0.3, 0.4) is 0 Å². The molecule has 0 bridgehead atoms. The maximum Gasteiger partial charge on any atom is 0.253 e. The summed E-state index contributed by atoms with van der Waals surface area (Å²) in [7, 11) is 3.52. The molecule has 0 fully saturated rings. The van der Waals surface area contributed by atoms with E-state index in [0.717, 1.165) is 40.2 Å². The van der Waals surface area contributed by atoms with Crippen LogP contribution in [0.4, 0.5) is 0 Å². The van der Waals surface area contributed by atoms with Crippen molar-refractivity contribution in [3.8, 4) is 17.0 Å². The van der Waals surface area contributed by atoms with Crippen LogP contribution < -0.4 is 4.74 Å². The summed E-state index contributed by atoms with van der Waals surface area (Å²) < 4.78 is 5.44. The number of amides is 1. The van der Waals surface area contributed by atoms with Gasteiger partial charge in [0, 0.05) is 29.9 Å². The zero-order chi connectivity index (χ0) is 21.0. The Morgan fingerprint density at radius 1 is 1.07 bits per heavy atom. The molecule has 3 rings (SSSR count). The zero-order valence-corrected chi connectivity index (χ0v) is 17.8. The number of para-hydroxylation sites is 1. The Bertz CT molecular complexity index is 993. The molecule has 4 heteroatoms. The van der Waals surface area contributed by atoms with Crippen molar-refractivity contribution in [3.05, 3.63) is 83.0 Å². The lowest BCUT2D eigenvalue weighted by Crippen LogP contribution is -2.36. The molecule has 1 aromatic heterocycles. The van der Waals surface area contributed by atoms with Crippen LogP contribution in [0.25, 0.3) is 11.3 Å². The molecule has 0 aliphatic carbocycles. The van der Waals surface area contributed by atoms with Gasteiger partial charge in [-0.2, -0.15) is 0 Å². The second-order valence-corrected chi connectivity index (χ2v) is 7.53. The minimum Gasteiger partial charge on any atom is -0.496 e. The number of rotatable bonds is 6. The van der Waals surface area contributed by atoms with E-state index in [1.54, 1.807) is 12.0 Å². The first-order chi connectivity index (χ1) is 13.9. The number of methoxy groups -OCH3 is 1. The number of pyridine rings is 1. The van der Waals surface area contributed by atoms with Gasteiger partial charge in [-0.1, -0.05) is 30.3 Å². The molecule has 0 unspecified atom stereocenters. The average molecular weight is 389 g/mol. The SMILES string of the molecule is COc1ccccc1C[C@@H](C)N(C)C(=O)c1cccc(-c2cc(C)cc(C)n2)c1. The lowest BCUT2D eigenvalue weighted by molar-refractivity contribution is 0.0743. The van der Waals surface area contributed by atoms with Crippen molar-refractivity contribution in [2.45, 2.75) is 33.2 Å². The number of aryl methyl sites for hydroxylation is 2. The van der Waals surface area contributed by atoms with Crippen LogP contribution in [0.1, 0.15) is 34.1 Å². The molecule has 2 aromatic carbocycles. The van der Waals surface area contributed by atoms with Gasteiger partial charge in [0.05, 0.1) is 12.8 Å². The highest BCUT2D eigenvalue weighted by atomic mass is 16.5. The molecule has 0 saturated heterocycles. The number of carbonyl (C=O) groups excluding carboxylic acids is 1. The maximum absolute atomic E-state index is 13.1. The highest BCUT2D eigenvalue weighted by Gasteiger charge is 2.19. The topological polar surface area (TPSA) is 42.4 Å². The Morgan fingerprint density at radius 2 is 1.83 bits per heavy atom. The molecule has 150 valence electrons. The lowest BCUT2D eigenvalue weighted by Gasteiger charge is -2.26. The zero-order valence-electron chi connectivity index (χ0n) is 17.8. The van der Waals surface area contributed by atoms with Crippen molar-refractivity contribution in [3.63, 3.8) is 0 Å². The summed E-state index contributed by atoms with van der Waals surface area (Å²) in [4.78, 5) is 19.5. The predicted molar refractivity (Wildman–Crippen MR) is 117 cm³/mol. The van der Waals surface area contributed by atoms with Crippen molar-refractivity contribution in [1.29, 1.82) is 0 Å². The largest absolute Gasteiger partial charge is 0.496 e. The first-order valence-corrected chi connectivity index (χ1v) is 9.84. The Morgan fingerprint density at radius 3 is 2.55 bits per heavy atom. The summed E-state index contributed by atoms with van der Waals surface area (Å²) in [5.41, 5.74) is 5.73. The van der Waals surface area contributed by atoms with Crippen LogP contribution in [0.5, 0.6) is 5.75 Å².